The van der Waals surface area contributed by atoms with Gasteiger partial charge >= 0.3 is 0 Å². The summed E-state index contributed by atoms with van der Waals surface area (Å²) < 4.78 is 0. The van der Waals surface area contributed by atoms with Gasteiger partial charge in [-0.2, -0.15) is 0 Å². The van der Waals surface area contributed by atoms with Gasteiger partial charge in [0.15, 0.2) is 0 Å². The summed E-state index contributed by atoms with van der Waals surface area (Å²) in [7, 11) is 0. The molecule has 2 heterocycles. The quantitative estimate of drug-likeness (QED) is 0.920. The fourth-order valence-electron chi connectivity index (χ4n) is 3.16. The van der Waals surface area contributed by atoms with Crippen molar-refractivity contribution < 1.29 is 0 Å². The van der Waals surface area contributed by atoms with E-state index in [4.69, 9.17) is 4.98 Å². The maximum atomic E-state index is 4.78. The summed E-state index contributed by atoms with van der Waals surface area (Å²) >= 11 is 0. The van der Waals surface area contributed by atoms with E-state index in [1.165, 1.54) is 56.7 Å². The van der Waals surface area contributed by atoms with E-state index in [1.54, 1.807) is 0 Å². The van der Waals surface area contributed by atoms with E-state index >= 15 is 0 Å². The number of hydrogen-bond acceptors (Lipinski definition) is 3. The predicted octanol–water partition coefficient (Wildman–Crippen LogP) is 3.35. The van der Waals surface area contributed by atoms with E-state index in [1.807, 2.05) is 0 Å². The molecule has 3 heteroatoms. The molecule has 0 amide bonds. The second kappa shape index (κ2) is 5.96. The third-order valence-corrected chi connectivity index (χ3v) is 4.81. The van der Waals surface area contributed by atoms with Gasteiger partial charge in [0, 0.05) is 18.8 Å². The number of rotatable bonds is 4. The van der Waals surface area contributed by atoms with Gasteiger partial charge in [0.05, 0.1) is 0 Å². The SMILES string of the molecule is CC(C)(C)c1ccc(N(CC2CCNCC2)C2CC2)nc1. The summed E-state index contributed by atoms with van der Waals surface area (Å²) in [4.78, 5) is 7.35. The van der Waals surface area contributed by atoms with Crippen LogP contribution in [0.3, 0.4) is 0 Å². The Labute approximate surface area is 129 Å². The van der Waals surface area contributed by atoms with Crippen molar-refractivity contribution >= 4 is 5.82 Å². The first kappa shape index (κ1) is 14.8. The van der Waals surface area contributed by atoms with Crippen molar-refractivity contribution in [2.75, 3.05) is 24.5 Å². The van der Waals surface area contributed by atoms with Gasteiger partial charge < -0.3 is 10.2 Å². The third kappa shape index (κ3) is 3.76. The first-order valence-electron chi connectivity index (χ1n) is 8.48. The number of anilines is 1. The summed E-state index contributed by atoms with van der Waals surface area (Å²) in [6.45, 7) is 10.3. The normalized spacial score (nSPS) is 20.5. The maximum Gasteiger partial charge on any atom is 0.128 e. The zero-order chi connectivity index (χ0) is 14.9. The van der Waals surface area contributed by atoms with Crippen LogP contribution in [-0.4, -0.2) is 30.7 Å². The fraction of sp³-hybridized carbons (Fsp3) is 0.722. The van der Waals surface area contributed by atoms with Crippen LogP contribution in [0.5, 0.6) is 0 Å². The molecule has 0 unspecified atom stereocenters. The lowest BCUT2D eigenvalue weighted by Gasteiger charge is -2.31. The summed E-state index contributed by atoms with van der Waals surface area (Å²) in [6.07, 6.45) is 7.38. The zero-order valence-electron chi connectivity index (χ0n) is 13.7. The van der Waals surface area contributed by atoms with E-state index in [0.29, 0.717) is 0 Å². The molecule has 3 nitrogen and oxygen atoms in total. The second-order valence-electron chi connectivity index (χ2n) is 7.73. The Morgan fingerprint density at radius 1 is 1.14 bits per heavy atom. The molecule has 0 atom stereocenters. The zero-order valence-corrected chi connectivity index (χ0v) is 13.7. The largest absolute Gasteiger partial charge is 0.353 e. The smallest absolute Gasteiger partial charge is 0.128 e. The van der Waals surface area contributed by atoms with Crippen LogP contribution in [0, 0.1) is 5.92 Å². The predicted molar refractivity (Wildman–Crippen MR) is 88.9 cm³/mol. The van der Waals surface area contributed by atoms with Gasteiger partial charge in [-0.3, -0.25) is 0 Å². The summed E-state index contributed by atoms with van der Waals surface area (Å²) in [5.41, 5.74) is 1.51. The van der Waals surface area contributed by atoms with Crippen molar-refractivity contribution in [3.8, 4) is 0 Å². The van der Waals surface area contributed by atoms with Gasteiger partial charge in [-0.05, 0) is 61.7 Å². The number of aromatic nitrogens is 1. The Hall–Kier alpha value is -1.09. The molecule has 1 aliphatic heterocycles. The minimum atomic E-state index is 0.185. The van der Waals surface area contributed by atoms with Crippen LogP contribution >= 0.6 is 0 Å². The molecule has 116 valence electrons. The minimum absolute atomic E-state index is 0.185. The second-order valence-corrected chi connectivity index (χ2v) is 7.73. The van der Waals surface area contributed by atoms with Gasteiger partial charge in [0.1, 0.15) is 5.82 Å². The monoisotopic (exact) mass is 287 g/mol. The van der Waals surface area contributed by atoms with E-state index in [9.17, 15) is 0 Å². The molecule has 0 bridgehead atoms. The molecule has 2 fully saturated rings. The number of nitrogens with one attached hydrogen (secondary N) is 1. The van der Waals surface area contributed by atoms with Crippen molar-refractivity contribution in [2.45, 2.75) is 57.9 Å². The fourth-order valence-corrected chi connectivity index (χ4v) is 3.16. The Kier molecular flexibility index (Phi) is 4.21. The number of pyridine rings is 1. The van der Waals surface area contributed by atoms with Gasteiger partial charge in [-0.1, -0.05) is 26.8 Å². The van der Waals surface area contributed by atoms with Crippen LogP contribution < -0.4 is 10.2 Å². The minimum Gasteiger partial charge on any atom is -0.353 e. The van der Waals surface area contributed by atoms with Crippen LogP contribution in [0.4, 0.5) is 5.82 Å². The Morgan fingerprint density at radius 3 is 2.38 bits per heavy atom. The third-order valence-electron chi connectivity index (χ3n) is 4.81. The first-order chi connectivity index (χ1) is 10.0. The molecular formula is C18H29N3. The first-order valence-corrected chi connectivity index (χ1v) is 8.48. The summed E-state index contributed by atoms with van der Waals surface area (Å²) in [5, 5.41) is 3.46. The molecule has 1 aromatic heterocycles. The van der Waals surface area contributed by atoms with E-state index < -0.39 is 0 Å². The van der Waals surface area contributed by atoms with Gasteiger partial charge in [0.2, 0.25) is 0 Å². The lowest BCUT2D eigenvalue weighted by molar-refractivity contribution is 0.372. The lowest BCUT2D eigenvalue weighted by atomic mass is 9.88. The molecule has 3 rings (SSSR count). The highest BCUT2D eigenvalue weighted by Crippen LogP contribution is 2.33. The maximum absolute atomic E-state index is 4.78. The standard InChI is InChI=1S/C18H29N3/c1-18(2,3)15-4-7-17(20-12-15)21(16-5-6-16)13-14-8-10-19-11-9-14/h4,7,12,14,16,19H,5-6,8-11,13H2,1-3H3. The summed E-state index contributed by atoms with van der Waals surface area (Å²) in [6, 6.07) is 5.24. The topological polar surface area (TPSA) is 28.2 Å². The molecule has 0 aromatic carbocycles. The molecule has 21 heavy (non-hydrogen) atoms. The highest BCUT2D eigenvalue weighted by Gasteiger charge is 2.32. The molecule has 2 aliphatic rings. The highest BCUT2D eigenvalue weighted by molar-refractivity contribution is 5.43. The van der Waals surface area contributed by atoms with Crippen LogP contribution in [0.2, 0.25) is 0 Å². The molecule has 0 radical (unpaired) electrons. The van der Waals surface area contributed by atoms with Crippen molar-refractivity contribution in [2.24, 2.45) is 5.92 Å². The van der Waals surface area contributed by atoms with Crippen molar-refractivity contribution in [1.29, 1.82) is 0 Å². The van der Waals surface area contributed by atoms with E-state index in [0.717, 1.165) is 12.0 Å². The highest BCUT2D eigenvalue weighted by atomic mass is 15.2. The van der Waals surface area contributed by atoms with Crippen LogP contribution in [0.25, 0.3) is 0 Å². The summed E-state index contributed by atoms with van der Waals surface area (Å²) in [5.74, 6) is 2.01. The molecule has 1 aliphatic carbocycles. The van der Waals surface area contributed by atoms with Crippen LogP contribution in [0.1, 0.15) is 52.0 Å². The molecule has 0 spiro atoms. The molecule has 1 saturated heterocycles. The molecule has 1 saturated carbocycles. The Balaban J connectivity index is 1.71. The number of nitrogens with zero attached hydrogens (tertiary/aromatic N) is 2. The average Bonchev–Trinajstić information content (AvgIpc) is 3.30. The van der Waals surface area contributed by atoms with Crippen molar-refractivity contribution in [3.05, 3.63) is 23.9 Å². The Bertz CT molecular complexity index is 450. The average molecular weight is 287 g/mol. The van der Waals surface area contributed by atoms with Gasteiger partial charge in [-0.15, -0.1) is 0 Å². The van der Waals surface area contributed by atoms with Gasteiger partial charge in [0.25, 0.3) is 0 Å². The molecule has 1 aromatic rings. The number of piperidine rings is 1. The number of hydrogen-bond donors (Lipinski definition) is 1. The van der Waals surface area contributed by atoms with E-state index in [2.05, 4.69) is 49.3 Å². The molecule has 1 N–H and O–H groups in total. The molecular weight excluding hydrogens is 258 g/mol. The van der Waals surface area contributed by atoms with Crippen molar-refractivity contribution in [1.82, 2.24) is 10.3 Å². The van der Waals surface area contributed by atoms with Crippen LogP contribution in [0.15, 0.2) is 18.3 Å². The Morgan fingerprint density at radius 2 is 1.86 bits per heavy atom. The van der Waals surface area contributed by atoms with Crippen molar-refractivity contribution in [3.63, 3.8) is 0 Å². The van der Waals surface area contributed by atoms with E-state index in [-0.39, 0.29) is 5.41 Å². The van der Waals surface area contributed by atoms with Crippen LogP contribution in [-0.2, 0) is 5.41 Å². The van der Waals surface area contributed by atoms with Gasteiger partial charge in [-0.25, -0.2) is 4.98 Å². The lowest BCUT2D eigenvalue weighted by Crippen LogP contribution is -2.37.